The Kier molecular flexibility index (Phi) is 7.19. The monoisotopic (exact) mass is 466 g/mol. The zero-order chi connectivity index (χ0) is 24.0. The molecule has 1 N–H and O–H groups in total. The van der Waals surface area contributed by atoms with Gasteiger partial charge in [-0.05, 0) is 66.9 Å². The fourth-order valence-corrected chi connectivity index (χ4v) is 4.38. The van der Waals surface area contributed by atoms with Gasteiger partial charge in [0.2, 0.25) is 0 Å². The van der Waals surface area contributed by atoms with Crippen LogP contribution in [0.3, 0.4) is 0 Å². The smallest absolute Gasteiger partial charge is 0.269 e. The molecule has 3 aromatic carbocycles. The SMILES string of the molecule is Cc1ccc(N(CC(=O)N/N=C\c2ccc([N+](=O)[O-])cc2)S(=O)(=O)c2ccccc2)cc1C. The summed E-state index contributed by atoms with van der Waals surface area (Å²) in [6, 6.07) is 18.6. The van der Waals surface area contributed by atoms with E-state index >= 15 is 0 Å². The first-order valence-electron chi connectivity index (χ1n) is 9.90. The van der Waals surface area contributed by atoms with Crippen molar-refractivity contribution >= 4 is 33.5 Å². The molecule has 33 heavy (non-hydrogen) atoms. The zero-order valence-corrected chi connectivity index (χ0v) is 18.8. The predicted molar refractivity (Wildman–Crippen MR) is 126 cm³/mol. The summed E-state index contributed by atoms with van der Waals surface area (Å²) in [6.07, 6.45) is 1.31. The van der Waals surface area contributed by atoms with Crippen molar-refractivity contribution in [3.8, 4) is 0 Å². The molecular formula is C23H22N4O5S. The Labute approximate surface area is 191 Å². The van der Waals surface area contributed by atoms with Gasteiger partial charge in [-0.1, -0.05) is 24.3 Å². The maximum absolute atomic E-state index is 13.3. The van der Waals surface area contributed by atoms with E-state index in [1.165, 1.54) is 42.6 Å². The number of carbonyl (C=O) groups excluding carboxylic acids is 1. The van der Waals surface area contributed by atoms with Gasteiger partial charge in [0.25, 0.3) is 21.6 Å². The van der Waals surface area contributed by atoms with Crippen molar-refractivity contribution in [1.29, 1.82) is 0 Å². The van der Waals surface area contributed by atoms with E-state index in [4.69, 9.17) is 0 Å². The minimum Gasteiger partial charge on any atom is -0.271 e. The zero-order valence-electron chi connectivity index (χ0n) is 18.0. The molecule has 3 rings (SSSR count). The summed E-state index contributed by atoms with van der Waals surface area (Å²) in [6.45, 7) is 3.28. The normalized spacial score (nSPS) is 11.3. The molecule has 0 aromatic heterocycles. The van der Waals surface area contributed by atoms with Crippen molar-refractivity contribution in [2.45, 2.75) is 18.7 Å². The second-order valence-corrected chi connectivity index (χ2v) is 9.10. The number of carbonyl (C=O) groups is 1. The summed E-state index contributed by atoms with van der Waals surface area (Å²) in [4.78, 5) is 22.8. The van der Waals surface area contributed by atoms with E-state index in [0.717, 1.165) is 15.4 Å². The van der Waals surface area contributed by atoms with Gasteiger partial charge < -0.3 is 0 Å². The van der Waals surface area contributed by atoms with Crippen LogP contribution in [0.15, 0.2) is 82.8 Å². The number of hydrogen-bond donors (Lipinski definition) is 1. The maximum Gasteiger partial charge on any atom is 0.269 e. The van der Waals surface area contributed by atoms with Gasteiger partial charge >= 0.3 is 0 Å². The molecule has 0 bridgehead atoms. The molecule has 0 spiro atoms. The molecule has 0 aliphatic rings. The van der Waals surface area contributed by atoms with Crippen LogP contribution < -0.4 is 9.73 Å². The Bertz CT molecular complexity index is 1290. The lowest BCUT2D eigenvalue weighted by molar-refractivity contribution is -0.384. The molecule has 0 atom stereocenters. The minimum atomic E-state index is -4.01. The van der Waals surface area contributed by atoms with Gasteiger partial charge in [-0.3, -0.25) is 19.2 Å². The van der Waals surface area contributed by atoms with Crippen molar-refractivity contribution in [1.82, 2.24) is 5.43 Å². The number of nitrogens with zero attached hydrogens (tertiary/aromatic N) is 3. The summed E-state index contributed by atoms with van der Waals surface area (Å²) in [5.74, 6) is -0.647. The van der Waals surface area contributed by atoms with Gasteiger partial charge in [0, 0.05) is 12.1 Å². The quantitative estimate of drug-likeness (QED) is 0.309. The van der Waals surface area contributed by atoms with Crippen molar-refractivity contribution in [3.05, 3.63) is 99.6 Å². The summed E-state index contributed by atoms with van der Waals surface area (Å²) in [5, 5.41) is 14.6. The Morgan fingerprint density at radius 1 is 1.03 bits per heavy atom. The van der Waals surface area contributed by atoms with Gasteiger partial charge in [0.05, 0.1) is 21.7 Å². The molecule has 0 saturated carbocycles. The predicted octanol–water partition coefficient (Wildman–Crippen LogP) is 3.56. The van der Waals surface area contributed by atoms with Crippen molar-refractivity contribution in [2.75, 3.05) is 10.8 Å². The number of amides is 1. The molecule has 0 saturated heterocycles. The topological polar surface area (TPSA) is 122 Å². The van der Waals surface area contributed by atoms with Gasteiger partial charge in [-0.25, -0.2) is 13.8 Å². The van der Waals surface area contributed by atoms with Crippen LogP contribution >= 0.6 is 0 Å². The van der Waals surface area contributed by atoms with Gasteiger partial charge in [0.15, 0.2) is 0 Å². The number of anilines is 1. The highest BCUT2D eigenvalue weighted by atomic mass is 32.2. The summed E-state index contributed by atoms with van der Waals surface area (Å²) in [7, 11) is -4.01. The Morgan fingerprint density at radius 2 is 1.70 bits per heavy atom. The lowest BCUT2D eigenvalue weighted by Crippen LogP contribution is -2.39. The van der Waals surface area contributed by atoms with Crippen molar-refractivity contribution in [3.63, 3.8) is 0 Å². The Morgan fingerprint density at radius 3 is 2.30 bits per heavy atom. The van der Waals surface area contributed by atoms with E-state index in [1.807, 2.05) is 13.8 Å². The summed E-state index contributed by atoms with van der Waals surface area (Å²) >= 11 is 0. The number of nitro benzene ring substituents is 1. The third-order valence-corrected chi connectivity index (χ3v) is 6.69. The van der Waals surface area contributed by atoms with E-state index in [9.17, 15) is 23.3 Å². The number of sulfonamides is 1. The van der Waals surface area contributed by atoms with Crippen molar-refractivity contribution in [2.24, 2.45) is 5.10 Å². The summed E-state index contributed by atoms with van der Waals surface area (Å²) < 4.78 is 27.6. The summed E-state index contributed by atoms with van der Waals surface area (Å²) in [5.41, 5.74) is 5.01. The number of hydrazone groups is 1. The third-order valence-electron chi connectivity index (χ3n) is 4.90. The van der Waals surface area contributed by atoms with Crippen LogP contribution in [0.4, 0.5) is 11.4 Å². The van der Waals surface area contributed by atoms with Crippen LogP contribution in [0.5, 0.6) is 0 Å². The molecule has 0 aliphatic carbocycles. The first-order valence-corrected chi connectivity index (χ1v) is 11.3. The second kappa shape index (κ2) is 10.0. The van der Waals surface area contributed by atoms with E-state index in [1.54, 1.807) is 36.4 Å². The van der Waals surface area contributed by atoms with Crippen molar-refractivity contribution < 1.29 is 18.1 Å². The highest BCUT2D eigenvalue weighted by Gasteiger charge is 2.27. The van der Waals surface area contributed by atoms with Gasteiger partial charge in [0.1, 0.15) is 6.54 Å². The van der Waals surface area contributed by atoms with E-state index in [-0.39, 0.29) is 10.6 Å². The molecule has 0 fully saturated rings. The van der Waals surface area contributed by atoms with E-state index in [0.29, 0.717) is 11.3 Å². The maximum atomic E-state index is 13.3. The van der Waals surface area contributed by atoms with Crippen LogP contribution in [-0.2, 0) is 14.8 Å². The number of non-ortho nitro benzene ring substituents is 1. The Balaban J connectivity index is 1.81. The molecule has 0 aliphatic heterocycles. The number of aryl methyl sites for hydroxylation is 2. The molecular weight excluding hydrogens is 444 g/mol. The highest BCUT2D eigenvalue weighted by molar-refractivity contribution is 7.92. The van der Waals surface area contributed by atoms with E-state index < -0.39 is 27.4 Å². The fraction of sp³-hybridized carbons (Fsp3) is 0.130. The van der Waals surface area contributed by atoms with Crippen LogP contribution in [0.1, 0.15) is 16.7 Å². The Hall–Kier alpha value is -4.05. The standard InChI is InChI=1S/C23H22N4O5S/c1-17-8-11-21(14-18(17)2)26(33(31,32)22-6-4-3-5-7-22)16-23(28)25-24-15-19-9-12-20(13-10-19)27(29)30/h3-15H,16H2,1-2H3,(H,25,28)/b24-15-. The number of nitrogens with one attached hydrogen (secondary N) is 1. The second-order valence-electron chi connectivity index (χ2n) is 7.24. The highest BCUT2D eigenvalue weighted by Crippen LogP contribution is 2.25. The van der Waals surface area contributed by atoms with Crippen LogP contribution in [-0.4, -0.2) is 32.0 Å². The number of hydrogen-bond acceptors (Lipinski definition) is 6. The molecule has 1 amide bonds. The molecule has 0 radical (unpaired) electrons. The van der Waals surface area contributed by atoms with Crippen LogP contribution in [0.25, 0.3) is 0 Å². The first-order chi connectivity index (χ1) is 15.7. The molecule has 3 aromatic rings. The lowest BCUT2D eigenvalue weighted by Gasteiger charge is -2.24. The molecule has 170 valence electrons. The van der Waals surface area contributed by atoms with Crippen LogP contribution in [0, 0.1) is 24.0 Å². The fourth-order valence-electron chi connectivity index (χ4n) is 2.94. The average Bonchev–Trinajstić information content (AvgIpc) is 2.80. The average molecular weight is 467 g/mol. The largest absolute Gasteiger partial charge is 0.271 e. The van der Waals surface area contributed by atoms with Crippen LogP contribution in [0.2, 0.25) is 0 Å². The van der Waals surface area contributed by atoms with Gasteiger partial charge in [-0.15, -0.1) is 0 Å². The number of rotatable bonds is 8. The first kappa shape index (κ1) is 23.6. The third kappa shape index (κ3) is 5.80. The lowest BCUT2D eigenvalue weighted by atomic mass is 10.1. The molecule has 9 nitrogen and oxygen atoms in total. The molecule has 0 heterocycles. The number of benzene rings is 3. The molecule has 10 heteroatoms. The minimum absolute atomic E-state index is 0.0606. The number of nitro groups is 1. The van der Waals surface area contributed by atoms with Gasteiger partial charge in [-0.2, -0.15) is 5.10 Å². The molecule has 0 unspecified atom stereocenters. The van der Waals surface area contributed by atoms with E-state index in [2.05, 4.69) is 10.5 Å².